The molecule has 1 amide bonds. The molecule has 5 heteroatoms. The molecule has 21 heavy (non-hydrogen) atoms. The summed E-state index contributed by atoms with van der Waals surface area (Å²) in [6, 6.07) is 5.88. The average Bonchev–Trinajstić information content (AvgIpc) is 2.47. The highest BCUT2D eigenvalue weighted by Crippen LogP contribution is 2.24. The highest BCUT2D eigenvalue weighted by molar-refractivity contribution is 5.82. The maximum atomic E-state index is 12.9. The lowest BCUT2D eigenvalue weighted by Crippen LogP contribution is -2.62. The number of rotatable bonds is 3. The van der Waals surface area contributed by atoms with Crippen molar-refractivity contribution in [3.05, 3.63) is 35.6 Å². The Morgan fingerprint density at radius 2 is 1.76 bits per heavy atom. The van der Waals surface area contributed by atoms with E-state index in [4.69, 9.17) is 0 Å². The molecule has 1 N–H and O–H groups in total. The van der Waals surface area contributed by atoms with E-state index in [-0.39, 0.29) is 11.7 Å². The number of halogens is 1. The van der Waals surface area contributed by atoms with Gasteiger partial charge in [0.15, 0.2) is 6.10 Å². The van der Waals surface area contributed by atoms with Crippen LogP contribution in [0.5, 0.6) is 0 Å². The molecule has 3 rings (SSSR count). The first kappa shape index (κ1) is 14.5. The number of carbonyl (C=O) groups excluding carboxylic acids is 1. The largest absolute Gasteiger partial charge is 0.378 e. The zero-order chi connectivity index (χ0) is 14.8. The van der Waals surface area contributed by atoms with Gasteiger partial charge in [-0.2, -0.15) is 0 Å². The fourth-order valence-corrected chi connectivity index (χ4v) is 3.11. The Morgan fingerprint density at radius 1 is 1.14 bits per heavy atom. The lowest BCUT2D eigenvalue weighted by atomic mass is 10.0. The lowest BCUT2D eigenvalue weighted by Gasteiger charge is -2.47. The van der Waals surface area contributed by atoms with Gasteiger partial charge in [-0.15, -0.1) is 0 Å². The van der Waals surface area contributed by atoms with E-state index in [0.29, 0.717) is 24.7 Å². The minimum absolute atomic E-state index is 0.283. The van der Waals surface area contributed by atoms with Crippen molar-refractivity contribution in [2.75, 3.05) is 26.2 Å². The van der Waals surface area contributed by atoms with Crippen LogP contribution in [0.4, 0.5) is 4.39 Å². The molecule has 0 aliphatic carbocycles. The number of hydrogen-bond donors (Lipinski definition) is 1. The highest BCUT2D eigenvalue weighted by Gasteiger charge is 2.37. The summed E-state index contributed by atoms with van der Waals surface area (Å²) >= 11 is 0. The molecule has 2 aliphatic rings. The number of nitrogens with zero attached hydrogens (tertiary/aromatic N) is 2. The van der Waals surface area contributed by atoms with Crippen molar-refractivity contribution in [3.8, 4) is 0 Å². The average molecular weight is 292 g/mol. The van der Waals surface area contributed by atoms with Crippen molar-refractivity contribution < 1.29 is 14.3 Å². The standard InChI is InChI=1S/C16H21FN2O2/c17-13-6-4-12(5-7-13)15(20)16(21)19-10-14(11-19)18-8-2-1-3-9-18/h4-7,14-15,20H,1-3,8-11H2/t15-/m0/s1. The second kappa shape index (κ2) is 6.12. The minimum Gasteiger partial charge on any atom is -0.378 e. The van der Waals surface area contributed by atoms with Gasteiger partial charge in [-0.3, -0.25) is 9.69 Å². The molecule has 0 unspecified atom stereocenters. The van der Waals surface area contributed by atoms with Crippen molar-refractivity contribution in [2.24, 2.45) is 0 Å². The van der Waals surface area contributed by atoms with Gasteiger partial charge in [0.2, 0.25) is 0 Å². The Bertz CT molecular complexity index is 494. The molecule has 0 bridgehead atoms. The molecule has 0 spiro atoms. The number of amides is 1. The summed E-state index contributed by atoms with van der Waals surface area (Å²) in [5.41, 5.74) is 0.447. The third kappa shape index (κ3) is 3.09. The van der Waals surface area contributed by atoms with E-state index in [1.807, 2.05) is 0 Å². The monoisotopic (exact) mass is 292 g/mol. The Kier molecular flexibility index (Phi) is 4.22. The van der Waals surface area contributed by atoms with Gasteiger partial charge < -0.3 is 10.0 Å². The summed E-state index contributed by atoms with van der Waals surface area (Å²) < 4.78 is 12.9. The summed E-state index contributed by atoms with van der Waals surface area (Å²) in [5.74, 6) is -0.651. The molecule has 2 saturated heterocycles. The molecule has 2 fully saturated rings. The fraction of sp³-hybridized carbons (Fsp3) is 0.562. The molecule has 2 aliphatic heterocycles. The number of benzene rings is 1. The van der Waals surface area contributed by atoms with Crippen LogP contribution in [0.25, 0.3) is 0 Å². The first-order valence-electron chi connectivity index (χ1n) is 7.61. The molecule has 0 radical (unpaired) electrons. The van der Waals surface area contributed by atoms with E-state index < -0.39 is 6.10 Å². The number of piperidine rings is 1. The normalized spacial score (nSPS) is 21.9. The molecule has 4 nitrogen and oxygen atoms in total. The summed E-state index contributed by atoms with van der Waals surface area (Å²) in [7, 11) is 0. The van der Waals surface area contributed by atoms with Gasteiger partial charge >= 0.3 is 0 Å². The number of aliphatic hydroxyl groups is 1. The van der Waals surface area contributed by atoms with Crippen molar-refractivity contribution in [3.63, 3.8) is 0 Å². The van der Waals surface area contributed by atoms with E-state index in [2.05, 4.69) is 4.90 Å². The van der Waals surface area contributed by atoms with Crippen LogP contribution in [0.1, 0.15) is 30.9 Å². The maximum absolute atomic E-state index is 12.9. The fourth-order valence-electron chi connectivity index (χ4n) is 3.11. The third-order valence-corrected chi connectivity index (χ3v) is 4.50. The van der Waals surface area contributed by atoms with E-state index in [9.17, 15) is 14.3 Å². The SMILES string of the molecule is O=C([C@@H](O)c1ccc(F)cc1)N1CC(N2CCCCC2)C1. The summed E-state index contributed by atoms with van der Waals surface area (Å²) in [6.45, 7) is 3.62. The Morgan fingerprint density at radius 3 is 2.38 bits per heavy atom. The zero-order valence-electron chi connectivity index (χ0n) is 12.0. The molecular formula is C16H21FN2O2. The predicted octanol–water partition coefficient (Wildman–Crippen LogP) is 1.56. The van der Waals surface area contributed by atoms with E-state index in [1.165, 1.54) is 43.5 Å². The zero-order valence-corrected chi connectivity index (χ0v) is 12.0. The number of carbonyl (C=O) groups is 1. The smallest absolute Gasteiger partial charge is 0.256 e. The van der Waals surface area contributed by atoms with E-state index in [0.717, 1.165) is 13.1 Å². The highest BCUT2D eigenvalue weighted by atomic mass is 19.1. The van der Waals surface area contributed by atoms with Crippen LogP contribution in [0.2, 0.25) is 0 Å². The molecule has 2 heterocycles. The number of hydrogen-bond acceptors (Lipinski definition) is 3. The van der Waals surface area contributed by atoms with Crippen molar-refractivity contribution in [2.45, 2.75) is 31.4 Å². The molecule has 1 atom stereocenters. The van der Waals surface area contributed by atoms with Crippen LogP contribution in [0.3, 0.4) is 0 Å². The van der Waals surface area contributed by atoms with Crippen LogP contribution in [0, 0.1) is 5.82 Å². The first-order chi connectivity index (χ1) is 10.1. The van der Waals surface area contributed by atoms with E-state index >= 15 is 0 Å². The molecule has 1 aromatic carbocycles. The van der Waals surface area contributed by atoms with Gasteiger partial charge in [0, 0.05) is 19.1 Å². The molecule has 114 valence electrons. The predicted molar refractivity (Wildman–Crippen MR) is 77.2 cm³/mol. The summed E-state index contributed by atoms with van der Waals surface area (Å²) in [6.07, 6.45) is 2.59. The van der Waals surface area contributed by atoms with Gasteiger partial charge in [-0.25, -0.2) is 4.39 Å². The second-order valence-corrected chi connectivity index (χ2v) is 5.95. The van der Waals surface area contributed by atoms with Crippen LogP contribution in [0.15, 0.2) is 24.3 Å². The van der Waals surface area contributed by atoms with Gasteiger partial charge in [0.05, 0.1) is 0 Å². The van der Waals surface area contributed by atoms with Crippen LogP contribution < -0.4 is 0 Å². The van der Waals surface area contributed by atoms with E-state index in [1.54, 1.807) is 4.90 Å². The van der Waals surface area contributed by atoms with Crippen molar-refractivity contribution >= 4 is 5.91 Å². The molecule has 0 saturated carbocycles. The number of likely N-dealkylation sites (tertiary alicyclic amines) is 2. The lowest BCUT2D eigenvalue weighted by molar-refractivity contribution is -0.148. The third-order valence-electron chi connectivity index (χ3n) is 4.50. The van der Waals surface area contributed by atoms with Gasteiger partial charge in [0.1, 0.15) is 5.82 Å². The maximum Gasteiger partial charge on any atom is 0.256 e. The molecule has 1 aromatic rings. The number of aliphatic hydroxyl groups excluding tert-OH is 1. The molecule has 0 aromatic heterocycles. The first-order valence-corrected chi connectivity index (χ1v) is 7.61. The van der Waals surface area contributed by atoms with Crippen LogP contribution in [-0.2, 0) is 4.79 Å². The van der Waals surface area contributed by atoms with Gasteiger partial charge in [-0.1, -0.05) is 18.6 Å². The quantitative estimate of drug-likeness (QED) is 0.919. The van der Waals surface area contributed by atoms with Crippen LogP contribution >= 0.6 is 0 Å². The Balaban J connectivity index is 1.53. The summed E-state index contributed by atoms with van der Waals surface area (Å²) in [4.78, 5) is 16.3. The van der Waals surface area contributed by atoms with Crippen LogP contribution in [-0.4, -0.2) is 53.0 Å². The Labute approximate surface area is 124 Å². The minimum atomic E-state index is -1.19. The summed E-state index contributed by atoms with van der Waals surface area (Å²) in [5, 5.41) is 10.1. The van der Waals surface area contributed by atoms with Crippen molar-refractivity contribution in [1.29, 1.82) is 0 Å². The van der Waals surface area contributed by atoms with Gasteiger partial charge in [0.25, 0.3) is 5.91 Å². The van der Waals surface area contributed by atoms with Gasteiger partial charge in [-0.05, 0) is 43.6 Å². The van der Waals surface area contributed by atoms with Crippen molar-refractivity contribution in [1.82, 2.24) is 9.80 Å². The Hall–Kier alpha value is -1.46. The molecular weight excluding hydrogens is 271 g/mol. The second-order valence-electron chi connectivity index (χ2n) is 5.95. The topological polar surface area (TPSA) is 43.8 Å².